The predicted molar refractivity (Wildman–Crippen MR) is 106 cm³/mol. The first-order valence-corrected chi connectivity index (χ1v) is 9.13. The van der Waals surface area contributed by atoms with Crippen LogP contribution in [0.25, 0.3) is 5.70 Å². The van der Waals surface area contributed by atoms with Gasteiger partial charge >= 0.3 is 0 Å². The quantitative estimate of drug-likeness (QED) is 0.577. The molecule has 0 aliphatic carbocycles. The van der Waals surface area contributed by atoms with Gasteiger partial charge in [-0.25, -0.2) is 0 Å². The molecule has 4 nitrogen and oxygen atoms in total. The van der Waals surface area contributed by atoms with E-state index in [4.69, 9.17) is 27.9 Å². The van der Waals surface area contributed by atoms with E-state index >= 15 is 0 Å². The molecular formula is C18H17BrCl2N2O2. The third-order valence-corrected chi connectivity index (χ3v) is 4.21. The van der Waals surface area contributed by atoms with E-state index in [2.05, 4.69) is 26.8 Å². The van der Waals surface area contributed by atoms with Crippen LogP contribution in [0.15, 0.2) is 53.0 Å². The van der Waals surface area contributed by atoms with Crippen molar-refractivity contribution in [1.82, 2.24) is 10.9 Å². The molecule has 132 valence electrons. The van der Waals surface area contributed by atoms with Gasteiger partial charge < -0.3 is 4.74 Å². The van der Waals surface area contributed by atoms with Gasteiger partial charge in [0.2, 0.25) is 0 Å². The third kappa shape index (κ3) is 6.27. The van der Waals surface area contributed by atoms with Crippen LogP contribution in [0.1, 0.15) is 18.9 Å². The van der Waals surface area contributed by atoms with Crippen LogP contribution in [0.5, 0.6) is 5.75 Å². The smallest absolute Gasteiger partial charge is 0.276 e. The summed E-state index contributed by atoms with van der Waals surface area (Å²) in [4.78, 5) is 12.0. The second-order valence-electron chi connectivity index (χ2n) is 5.07. The van der Waals surface area contributed by atoms with E-state index in [-0.39, 0.29) is 12.5 Å². The van der Waals surface area contributed by atoms with E-state index in [0.29, 0.717) is 15.8 Å². The number of rotatable bonds is 7. The number of hydrogen-bond donors (Lipinski definition) is 2. The molecule has 0 atom stereocenters. The predicted octanol–water partition coefficient (Wildman–Crippen LogP) is 5.21. The van der Waals surface area contributed by atoms with Gasteiger partial charge in [0, 0.05) is 9.50 Å². The number of allylic oxidation sites excluding steroid dienone is 1. The summed E-state index contributed by atoms with van der Waals surface area (Å²) in [6.45, 7) is 1.85. The van der Waals surface area contributed by atoms with E-state index in [0.717, 1.165) is 22.2 Å². The molecule has 0 fully saturated rings. The Labute approximate surface area is 165 Å². The maximum absolute atomic E-state index is 12.0. The van der Waals surface area contributed by atoms with E-state index in [1.807, 2.05) is 37.3 Å². The van der Waals surface area contributed by atoms with Gasteiger partial charge in [-0.3, -0.25) is 15.6 Å². The van der Waals surface area contributed by atoms with Crippen LogP contribution in [0.4, 0.5) is 0 Å². The summed E-state index contributed by atoms with van der Waals surface area (Å²) < 4.78 is 6.39. The Bertz CT molecular complexity index is 764. The van der Waals surface area contributed by atoms with Gasteiger partial charge in [-0.15, -0.1) is 0 Å². The zero-order valence-corrected chi connectivity index (χ0v) is 16.6. The van der Waals surface area contributed by atoms with Crippen molar-refractivity contribution in [3.63, 3.8) is 0 Å². The number of nitrogens with one attached hydrogen (secondary N) is 2. The molecule has 0 aliphatic heterocycles. The molecule has 0 radical (unpaired) electrons. The Morgan fingerprint density at radius 2 is 1.88 bits per heavy atom. The lowest BCUT2D eigenvalue weighted by atomic mass is 10.1. The monoisotopic (exact) mass is 442 g/mol. The molecule has 2 aromatic carbocycles. The molecule has 2 N–H and O–H groups in total. The number of hydrogen-bond acceptors (Lipinski definition) is 3. The Morgan fingerprint density at radius 1 is 1.16 bits per heavy atom. The lowest BCUT2D eigenvalue weighted by Gasteiger charge is -2.14. The third-order valence-electron chi connectivity index (χ3n) is 3.15. The highest BCUT2D eigenvalue weighted by atomic mass is 79.9. The highest BCUT2D eigenvalue weighted by Crippen LogP contribution is 2.27. The first kappa shape index (κ1) is 19.6. The van der Waals surface area contributed by atoms with Gasteiger partial charge in [-0.1, -0.05) is 64.3 Å². The maximum atomic E-state index is 12.0. The lowest BCUT2D eigenvalue weighted by Crippen LogP contribution is -2.39. The van der Waals surface area contributed by atoms with Crippen LogP contribution in [-0.2, 0) is 4.79 Å². The minimum atomic E-state index is -0.329. The van der Waals surface area contributed by atoms with Gasteiger partial charge in [0.05, 0.1) is 10.7 Å². The minimum Gasteiger partial charge on any atom is -0.482 e. The Balaban J connectivity index is 1.90. The fourth-order valence-corrected chi connectivity index (χ4v) is 2.71. The average molecular weight is 444 g/mol. The Morgan fingerprint density at radius 3 is 2.52 bits per heavy atom. The zero-order valence-electron chi connectivity index (χ0n) is 13.5. The number of amides is 1. The highest BCUT2D eigenvalue weighted by Gasteiger charge is 2.08. The molecule has 0 aliphatic rings. The van der Waals surface area contributed by atoms with Crippen molar-refractivity contribution in [1.29, 1.82) is 0 Å². The van der Waals surface area contributed by atoms with E-state index in [9.17, 15) is 4.79 Å². The lowest BCUT2D eigenvalue weighted by molar-refractivity contribution is -0.123. The maximum Gasteiger partial charge on any atom is 0.276 e. The molecule has 1 amide bonds. The Hall–Kier alpha value is -1.69. The average Bonchev–Trinajstić information content (AvgIpc) is 2.58. The van der Waals surface area contributed by atoms with Crippen molar-refractivity contribution < 1.29 is 9.53 Å². The number of ether oxygens (including phenoxy) is 1. The number of carbonyl (C=O) groups excluding carboxylic acids is 1. The van der Waals surface area contributed by atoms with Crippen molar-refractivity contribution in [2.24, 2.45) is 0 Å². The van der Waals surface area contributed by atoms with Crippen molar-refractivity contribution in [2.45, 2.75) is 13.3 Å². The first-order chi connectivity index (χ1) is 12.0. The summed E-state index contributed by atoms with van der Waals surface area (Å²) in [6.07, 6.45) is 2.81. The zero-order chi connectivity index (χ0) is 18.2. The number of carbonyl (C=O) groups is 1. The van der Waals surface area contributed by atoms with Gasteiger partial charge in [0.25, 0.3) is 5.91 Å². The molecule has 0 spiro atoms. The van der Waals surface area contributed by atoms with Crippen LogP contribution in [0.3, 0.4) is 0 Å². The molecule has 0 saturated carbocycles. The molecule has 0 heterocycles. The molecule has 0 aromatic heterocycles. The molecular weight excluding hydrogens is 427 g/mol. The molecule has 0 saturated heterocycles. The van der Waals surface area contributed by atoms with Crippen molar-refractivity contribution >= 4 is 50.7 Å². The topological polar surface area (TPSA) is 50.4 Å². The number of benzene rings is 2. The summed E-state index contributed by atoms with van der Waals surface area (Å²) in [5.41, 5.74) is 7.32. The largest absolute Gasteiger partial charge is 0.482 e. The van der Waals surface area contributed by atoms with Crippen LogP contribution >= 0.6 is 39.1 Å². The van der Waals surface area contributed by atoms with Gasteiger partial charge in [0.15, 0.2) is 6.61 Å². The highest BCUT2D eigenvalue weighted by molar-refractivity contribution is 9.10. The summed E-state index contributed by atoms with van der Waals surface area (Å²) in [7, 11) is 0. The SMILES string of the molecule is CC/C=C(\NNC(=O)COc1ccc(Cl)cc1Cl)c1ccc(Br)cc1. The second kappa shape index (κ2) is 9.70. The fourth-order valence-electron chi connectivity index (χ4n) is 1.98. The summed E-state index contributed by atoms with van der Waals surface area (Å²) in [5.74, 6) is 0.0728. The molecule has 0 unspecified atom stereocenters. The molecule has 25 heavy (non-hydrogen) atoms. The summed E-state index contributed by atoms with van der Waals surface area (Å²) in [6, 6.07) is 12.6. The normalized spacial score (nSPS) is 11.1. The molecule has 2 rings (SSSR count). The molecule has 2 aromatic rings. The van der Waals surface area contributed by atoms with Gasteiger partial charge in [-0.05, 0) is 42.3 Å². The standard InChI is InChI=1S/C18H17BrCl2N2O2/c1-2-3-16(12-4-6-13(19)7-5-12)22-23-18(24)11-25-17-9-8-14(20)10-15(17)21/h3-10,22H,2,11H2,1H3,(H,23,24)/b16-3-. The van der Waals surface area contributed by atoms with Crippen LogP contribution < -0.4 is 15.6 Å². The van der Waals surface area contributed by atoms with Gasteiger partial charge in [-0.2, -0.15) is 0 Å². The van der Waals surface area contributed by atoms with Crippen LogP contribution in [0.2, 0.25) is 10.0 Å². The van der Waals surface area contributed by atoms with Crippen LogP contribution in [-0.4, -0.2) is 12.5 Å². The van der Waals surface area contributed by atoms with Crippen molar-refractivity contribution in [2.75, 3.05) is 6.61 Å². The van der Waals surface area contributed by atoms with E-state index in [1.54, 1.807) is 18.2 Å². The minimum absolute atomic E-state index is 0.173. The summed E-state index contributed by atoms with van der Waals surface area (Å²) >= 11 is 15.2. The molecule has 7 heteroatoms. The van der Waals surface area contributed by atoms with Crippen molar-refractivity contribution in [3.05, 3.63) is 68.6 Å². The fraction of sp³-hybridized carbons (Fsp3) is 0.167. The molecule has 0 bridgehead atoms. The van der Waals surface area contributed by atoms with Crippen LogP contribution in [0, 0.1) is 0 Å². The van der Waals surface area contributed by atoms with E-state index in [1.165, 1.54) is 0 Å². The second-order valence-corrected chi connectivity index (χ2v) is 6.83. The van der Waals surface area contributed by atoms with Crippen molar-refractivity contribution in [3.8, 4) is 5.75 Å². The Kier molecular flexibility index (Phi) is 7.62. The number of hydrazine groups is 1. The van der Waals surface area contributed by atoms with Gasteiger partial charge in [0.1, 0.15) is 5.75 Å². The number of halogens is 3. The van der Waals surface area contributed by atoms with E-state index < -0.39 is 0 Å². The first-order valence-electron chi connectivity index (χ1n) is 7.58. The summed E-state index contributed by atoms with van der Waals surface area (Å²) in [5, 5.41) is 0.863.